The van der Waals surface area contributed by atoms with Crippen molar-refractivity contribution in [2.24, 2.45) is 0 Å². The van der Waals surface area contributed by atoms with Crippen molar-refractivity contribution in [1.29, 1.82) is 0 Å². The lowest BCUT2D eigenvalue weighted by Crippen LogP contribution is -2.14. The molecule has 4 rings (SSSR count). The Morgan fingerprint density at radius 2 is 1.84 bits per heavy atom. The van der Waals surface area contributed by atoms with E-state index in [0.29, 0.717) is 40.1 Å². The third-order valence-corrected chi connectivity index (χ3v) is 5.74. The van der Waals surface area contributed by atoms with Gasteiger partial charge in [0, 0.05) is 34.1 Å². The molecule has 0 atom stereocenters. The molecule has 0 bridgehead atoms. The maximum atomic E-state index is 12.5. The van der Waals surface area contributed by atoms with Gasteiger partial charge in [-0.15, -0.1) is 5.10 Å². The van der Waals surface area contributed by atoms with E-state index >= 15 is 0 Å². The lowest BCUT2D eigenvalue weighted by molar-refractivity contribution is -0.116. The first-order valence-electron chi connectivity index (χ1n) is 9.98. The molecule has 0 radical (unpaired) electrons. The molecule has 0 fully saturated rings. The minimum atomic E-state index is -0.0821. The zero-order valence-electron chi connectivity index (χ0n) is 17.8. The summed E-state index contributed by atoms with van der Waals surface area (Å²) in [7, 11) is 1.60. The predicted molar refractivity (Wildman–Crippen MR) is 126 cm³/mol. The summed E-state index contributed by atoms with van der Waals surface area (Å²) < 4.78 is 6.82. The van der Waals surface area contributed by atoms with E-state index in [1.54, 1.807) is 54.1 Å². The number of carbonyl (C=O) groups is 1. The molecule has 9 heteroatoms. The molecule has 164 valence electrons. The van der Waals surface area contributed by atoms with Crippen molar-refractivity contribution in [1.82, 2.24) is 19.6 Å². The average Bonchev–Trinajstić information content (AvgIpc) is 3.18. The molecule has 0 spiro atoms. The largest absolute Gasteiger partial charge is 0.497 e. The van der Waals surface area contributed by atoms with Gasteiger partial charge in [0.15, 0.2) is 5.82 Å². The van der Waals surface area contributed by atoms with Crippen molar-refractivity contribution in [3.05, 3.63) is 69.5 Å². The van der Waals surface area contributed by atoms with Crippen molar-refractivity contribution < 1.29 is 9.53 Å². The fraction of sp³-hybridized carbons (Fsp3) is 0.217. The second kappa shape index (κ2) is 9.14. The summed E-state index contributed by atoms with van der Waals surface area (Å²) in [5, 5.41) is 8.50. The van der Waals surface area contributed by atoms with E-state index in [4.69, 9.17) is 27.9 Å². The van der Waals surface area contributed by atoms with Gasteiger partial charge in [-0.1, -0.05) is 23.2 Å². The smallest absolute Gasteiger partial charge is 0.253 e. The average molecular weight is 470 g/mol. The number of methoxy groups -OCH3 is 1. The summed E-state index contributed by atoms with van der Waals surface area (Å²) in [6.07, 6.45) is 0.838. The van der Waals surface area contributed by atoms with E-state index in [9.17, 15) is 4.79 Å². The van der Waals surface area contributed by atoms with Gasteiger partial charge in [-0.05, 0) is 68.3 Å². The van der Waals surface area contributed by atoms with Gasteiger partial charge in [-0.2, -0.15) is 4.98 Å². The van der Waals surface area contributed by atoms with Crippen molar-refractivity contribution in [2.45, 2.75) is 26.7 Å². The number of aryl methyl sites for hydroxylation is 2. The lowest BCUT2D eigenvalue weighted by Gasteiger charge is -2.11. The van der Waals surface area contributed by atoms with Gasteiger partial charge in [0.1, 0.15) is 5.75 Å². The highest BCUT2D eigenvalue weighted by molar-refractivity contribution is 6.36. The third kappa shape index (κ3) is 4.54. The Hall–Kier alpha value is -3.16. The van der Waals surface area contributed by atoms with Gasteiger partial charge in [-0.3, -0.25) is 4.79 Å². The number of rotatable bonds is 6. The van der Waals surface area contributed by atoms with Crippen molar-refractivity contribution in [3.63, 3.8) is 0 Å². The van der Waals surface area contributed by atoms with E-state index in [0.717, 1.165) is 28.4 Å². The number of nitrogens with one attached hydrogen (secondary N) is 1. The summed E-state index contributed by atoms with van der Waals surface area (Å²) in [6, 6.07) is 12.4. The molecule has 4 aromatic rings. The van der Waals surface area contributed by atoms with Crippen LogP contribution in [-0.2, 0) is 11.2 Å². The highest BCUT2D eigenvalue weighted by Gasteiger charge is 2.17. The lowest BCUT2D eigenvalue weighted by atomic mass is 10.1. The first-order chi connectivity index (χ1) is 15.4. The number of hydrogen-bond donors (Lipinski definition) is 1. The zero-order valence-corrected chi connectivity index (χ0v) is 19.3. The molecule has 0 saturated heterocycles. The summed E-state index contributed by atoms with van der Waals surface area (Å²) in [5.41, 5.74) is 4.06. The minimum Gasteiger partial charge on any atom is -0.497 e. The number of aromatic nitrogens is 4. The molecule has 0 aliphatic rings. The quantitative estimate of drug-likeness (QED) is 0.414. The number of halogens is 2. The number of carbonyl (C=O) groups excluding carboxylic acids is 1. The molecular formula is C23H21Cl2N5O2. The van der Waals surface area contributed by atoms with Gasteiger partial charge in [0.25, 0.3) is 5.78 Å². The standard InChI is InChI=1S/C23H21Cl2N5O2/c1-13-18(10-11-21(31)27-16-5-7-17(32-3)8-6-16)14(2)30-23(26-13)28-22(29-30)19-9-4-15(24)12-20(19)25/h4-9,12H,10-11H2,1-3H3,(H,27,31). The highest BCUT2D eigenvalue weighted by Crippen LogP contribution is 2.29. The third-order valence-electron chi connectivity index (χ3n) is 5.20. The molecule has 1 amide bonds. The van der Waals surface area contributed by atoms with Crippen molar-refractivity contribution in [3.8, 4) is 17.1 Å². The van der Waals surface area contributed by atoms with Crippen LogP contribution in [0.25, 0.3) is 17.2 Å². The van der Waals surface area contributed by atoms with Crippen LogP contribution in [-0.4, -0.2) is 32.6 Å². The minimum absolute atomic E-state index is 0.0821. The number of ether oxygens (including phenoxy) is 1. The first-order valence-corrected chi connectivity index (χ1v) is 10.7. The molecule has 2 heterocycles. The fourth-order valence-electron chi connectivity index (χ4n) is 3.49. The topological polar surface area (TPSA) is 81.4 Å². The molecule has 0 aliphatic heterocycles. The molecule has 2 aromatic heterocycles. The van der Waals surface area contributed by atoms with Crippen LogP contribution in [0, 0.1) is 13.8 Å². The van der Waals surface area contributed by atoms with Gasteiger partial charge in [0.05, 0.1) is 12.1 Å². The number of benzene rings is 2. The summed E-state index contributed by atoms with van der Waals surface area (Å²) >= 11 is 12.3. The maximum Gasteiger partial charge on any atom is 0.253 e. The molecule has 32 heavy (non-hydrogen) atoms. The van der Waals surface area contributed by atoms with Crippen LogP contribution in [0.2, 0.25) is 10.0 Å². The van der Waals surface area contributed by atoms with E-state index in [2.05, 4.69) is 20.4 Å². The Labute approximate surface area is 195 Å². The maximum absolute atomic E-state index is 12.5. The van der Waals surface area contributed by atoms with Crippen molar-refractivity contribution in [2.75, 3.05) is 12.4 Å². The van der Waals surface area contributed by atoms with Crippen LogP contribution in [0.15, 0.2) is 42.5 Å². The van der Waals surface area contributed by atoms with Gasteiger partial charge >= 0.3 is 0 Å². The Bertz CT molecular complexity index is 1300. The number of fused-ring (bicyclic) bond motifs is 1. The Balaban J connectivity index is 1.54. The monoisotopic (exact) mass is 469 g/mol. The molecule has 0 aliphatic carbocycles. The predicted octanol–water partition coefficient (Wildman–Crippen LogP) is 5.29. The first kappa shape index (κ1) is 22.0. The number of nitrogens with zero attached hydrogens (tertiary/aromatic N) is 4. The molecule has 0 saturated carbocycles. The van der Waals surface area contributed by atoms with Gasteiger partial charge in [0.2, 0.25) is 5.91 Å². The zero-order chi connectivity index (χ0) is 22.8. The van der Waals surface area contributed by atoms with Gasteiger partial charge < -0.3 is 10.1 Å². The number of hydrogen-bond acceptors (Lipinski definition) is 5. The number of anilines is 1. The van der Waals surface area contributed by atoms with Crippen LogP contribution in [0.4, 0.5) is 5.69 Å². The van der Waals surface area contributed by atoms with E-state index in [1.807, 2.05) is 13.8 Å². The summed E-state index contributed by atoms with van der Waals surface area (Å²) in [6.45, 7) is 3.85. The molecule has 0 unspecified atom stereocenters. The molecule has 7 nitrogen and oxygen atoms in total. The molecular weight excluding hydrogens is 449 g/mol. The van der Waals surface area contributed by atoms with Crippen LogP contribution in [0.5, 0.6) is 5.75 Å². The van der Waals surface area contributed by atoms with E-state index in [-0.39, 0.29) is 5.91 Å². The Kier molecular flexibility index (Phi) is 6.30. The second-order valence-corrected chi connectivity index (χ2v) is 8.15. The van der Waals surface area contributed by atoms with Gasteiger partial charge in [-0.25, -0.2) is 9.50 Å². The van der Waals surface area contributed by atoms with Crippen molar-refractivity contribution >= 4 is 40.6 Å². The summed E-state index contributed by atoms with van der Waals surface area (Å²) in [4.78, 5) is 21.6. The number of amides is 1. The Morgan fingerprint density at radius 1 is 1.09 bits per heavy atom. The normalized spacial score (nSPS) is 11.0. The highest BCUT2D eigenvalue weighted by atomic mass is 35.5. The van der Waals surface area contributed by atoms with E-state index < -0.39 is 0 Å². The van der Waals surface area contributed by atoms with Crippen LogP contribution in [0.1, 0.15) is 23.4 Å². The second-order valence-electron chi connectivity index (χ2n) is 7.31. The molecule has 2 aromatic carbocycles. The van der Waals surface area contributed by atoms with Crippen LogP contribution < -0.4 is 10.1 Å². The SMILES string of the molecule is COc1ccc(NC(=O)CCc2c(C)nc3nc(-c4ccc(Cl)cc4Cl)nn3c2C)cc1. The van der Waals surface area contributed by atoms with E-state index in [1.165, 1.54) is 0 Å². The Morgan fingerprint density at radius 3 is 2.53 bits per heavy atom. The van der Waals surface area contributed by atoms with Crippen LogP contribution >= 0.6 is 23.2 Å². The fourth-order valence-corrected chi connectivity index (χ4v) is 3.98. The van der Waals surface area contributed by atoms with Crippen LogP contribution in [0.3, 0.4) is 0 Å². The summed E-state index contributed by atoms with van der Waals surface area (Å²) in [5.74, 6) is 1.60. The molecule has 1 N–H and O–H groups in total.